The number of carbonyl (C=O) groups is 4. The van der Waals surface area contributed by atoms with Gasteiger partial charge in [0.25, 0.3) is 23.6 Å². The molecule has 540 valence electrons. The minimum absolute atomic E-state index is 0.0232. The summed E-state index contributed by atoms with van der Waals surface area (Å²) >= 11 is 4.48. The Kier molecular flexibility index (Phi) is 24.2. The zero-order valence-electron chi connectivity index (χ0n) is 55.7. The number of fused-ring (bicyclic) bond motifs is 1. The van der Waals surface area contributed by atoms with E-state index in [1.54, 1.807) is 57.2 Å². The third kappa shape index (κ3) is 19.3. The number of aryl methyl sites for hydroxylation is 4. The maximum atomic E-state index is 13.0. The SMILES string of the molecule is CC(C)N(Cc1ccccc1)C(=O)c1ccc(-c2cc(C(F)(F)F)n(C)n2)s1.CCN(Cc1ccccc1)C(=O)c1ccc(-c2cc(C(F)(F)F)n(C)n2)s1.Cn1nc(-c2ccc(C(=O)N3CCc4ccccc4C3)s2)cc1C(F)(F)F.Cn1nc(-c2ccc(C(=O)NCC#N)s2)cc1C(F)(F)F. The van der Waals surface area contributed by atoms with Crippen LogP contribution in [0.25, 0.3) is 42.3 Å². The van der Waals surface area contributed by atoms with Crippen molar-refractivity contribution in [3.8, 4) is 48.4 Å². The van der Waals surface area contributed by atoms with Crippen LogP contribution in [0, 0.1) is 11.3 Å². The highest BCUT2D eigenvalue weighted by Gasteiger charge is 2.39. The van der Waals surface area contributed by atoms with E-state index in [1.807, 2.05) is 99.6 Å². The van der Waals surface area contributed by atoms with Crippen molar-refractivity contribution >= 4 is 69.0 Å². The molecule has 0 atom stereocenters. The first-order valence-corrected chi connectivity index (χ1v) is 34.4. The van der Waals surface area contributed by atoms with Gasteiger partial charge in [-0.05, 0) is 122 Å². The van der Waals surface area contributed by atoms with Crippen LogP contribution in [-0.2, 0) is 79.0 Å². The number of halogens is 12. The molecule has 33 heteroatoms. The van der Waals surface area contributed by atoms with Crippen LogP contribution in [0.2, 0.25) is 0 Å². The van der Waals surface area contributed by atoms with Crippen LogP contribution in [0.4, 0.5) is 52.7 Å². The summed E-state index contributed by atoms with van der Waals surface area (Å²) in [6.07, 6.45) is -17.1. The highest BCUT2D eigenvalue weighted by Crippen LogP contribution is 2.39. The Hall–Kier alpha value is -10.2. The molecular formula is C70H63F12N13O4S4. The lowest BCUT2D eigenvalue weighted by Gasteiger charge is -2.28. The highest BCUT2D eigenvalue weighted by atomic mass is 32.1. The molecule has 17 nitrogen and oxygen atoms in total. The predicted octanol–water partition coefficient (Wildman–Crippen LogP) is 16.8. The zero-order chi connectivity index (χ0) is 74.9. The molecule has 11 aromatic rings. The molecule has 1 N–H and O–H groups in total. The van der Waals surface area contributed by atoms with Crippen LogP contribution in [0.15, 0.2) is 158 Å². The van der Waals surface area contributed by atoms with Crippen LogP contribution >= 0.6 is 45.3 Å². The first-order chi connectivity index (χ1) is 48.6. The van der Waals surface area contributed by atoms with Crippen molar-refractivity contribution in [2.24, 2.45) is 28.2 Å². The summed E-state index contributed by atoms with van der Waals surface area (Å²) in [6.45, 7) is 8.28. The van der Waals surface area contributed by atoms with Gasteiger partial charge in [0.1, 0.15) is 52.1 Å². The molecule has 0 saturated carbocycles. The van der Waals surface area contributed by atoms with Crippen molar-refractivity contribution in [3.05, 3.63) is 222 Å². The normalized spacial score (nSPS) is 12.3. The van der Waals surface area contributed by atoms with E-state index in [1.165, 1.54) is 57.2 Å². The maximum Gasteiger partial charge on any atom is 0.433 e. The summed E-state index contributed by atoms with van der Waals surface area (Å²) < 4.78 is 158. The molecule has 1 aliphatic heterocycles. The van der Waals surface area contributed by atoms with Gasteiger partial charge in [-0.1, -0.05) is 84.9 Å². The van der Waals surface area contributed by atoms with E-state index in [2.05, 4.69) is 31.8 Å². The molecule has 0 spiro atoms. The molecule has 1 aliphatic rings. The zero-order valence-corrected chi connectivity index (χ0v) is 59.0. The molecular weight excluding hydrogens is 1440 g/mol. The van der Waals surface area contributed by atoms with Crippen molar-refractivity contribution in [1.29, 1.82) is 5.26 Å². The highest BCUT2D eigenvalue weighted by molar-refractivity contribution is 7.18. The van der Waals surface area contributed by atoms with Gasteiger partial charge in [-0.25, -0.2) is 0 Å². The van der Waals surface area contributed by atoms with Crippen LogP contribution in [0.1, 0.15) is 104 Å². The molecule has 3 aromatic carbocycles. The van der Waals surface area contributed by atoms with Gasteiger partial charge in [0.05, 0.1) is 45.1 Å². The quantitative estimate of drug-likeness (QED) is 0.0770. The third-order valence-electron chi connectivity index (χ3n) is 15.7. The summed E-state index contributed by atoms with van der Waals surface area (Å²) in [5, 5.41) is 26.4. The number of thiophene rings is 4. The van der Waals surface area contributed by atoms with Crippen LogP contribution in [0.3, 0.4) is 0 Å². The number of nitrogens with zero attached hydrogens (tertiary/aromatic N) is 12. The topological polar surface area (TPSA) is 185 Å². The number of carbonyl (C=O) groups excluding carboxylic acids is 4. The Bertz CT molecular complexity index is 4690. The Morgan fingerprint density at radius 2 is 0.854 bits per heavy atom. The Balaban J connectivity index is 0.000000160. The van der Waals surface area contributed by atoms with Crippen molar-refractivity contribution in [3.63, 3.8) is 0 Å². The van der Waals surface area contributed by atoms with Gasteiger partial charge in [0.2, 0.25) is 0 Å². The van der Waals surface area contributed by atoms with Gasteiger partial charge in [0.15, 0.2) is 0 Å². The van der Waals surface area contributed by atoms with Gasteiger partial charge in [0, 0.05) is 67.0 Å². The monoisotopic (exact) mass is 1510 g/mol. The fraction of sp³-hybridized carbons (Fsp3) is 0.271. The molecule has 0 saturated heterocycles. The molecule has 4 amide bonds. The van der Waals surface area contributed by atoms with Crippen LogP contribution in [0.5, 0.6) is 0 Å². The van der Waals surface area contributed by atoms with Crippen molar-refractivity contribution in [2.75, 3.05) is 19.6 Å². The number of alkyl halides is 12. The number of rotatable bonds is 15. The Labute approximate surface area is 598 Å². The second-order valence-corrected chi connectivity index (χ2v) is 27.5. The van der Waals surface area contributed by atoms with Gasteiger partial charge in [-0.3, -0.25) is 37.9 Å². The lowest BCUT2D eigenvalue weighted by atomic mass is 10.00. The number of nitrogens with one attached hydrogen (secondary N) is 1. The smallest absolute Gasteiger partial charge is 0.338 e. The van der Waals surface area contributed by atoms with Crippen LogP contribution in [-0.4, -0.2) is 103 Å². The van der Waals surface area contributed by atoms with E-state index in [4.69, 9.17) is 5.26 Å². The first kappa shape index (κ1) is 77.0. The molecule has 8 aromatic heterocycles. The summed E-state index contributed by atoms with van der Waals surface area (Å²) in [5.74, 6) is -0.848. The molecule has 0 aliphatic carbocycles. The predicted molar refractivity (Wildman–Crippen MR) is 367 cm³/mol. The van der Waals surface area contributed by atoms with Crippen molar-refractivity contribution < 1.29 is 71.9 Å². The average molecular weight is 1510 g/mol. The van der Waals surface area contributed by atoms with E-state index >= 15 is 0 Å². The van der Waals surface area contributed by atoms with E-state index in [9.17, 15) is 71.9 Å². The van der Waals surface area contributed by atoms with Gasteiger partial charge >= 0.3 is 24.7 Å². The fourth-order valence-electron chi connectivity index (χ4n) is 10.5. The Morgan fingerprint density at radius 3 is 1.24 bits per heavy atom. The summed E-state index contributed by atoms with van der Waals surface area (Å²) in [4.78, 5) is 59.2. The fourth-order valence-corrected chi connectivity index (χ4v) is 14.2. The van der Waals surface area contributed by atoms with E-state index in [0.717, 1.165) is 100 Å². The second-order valence-electron chi connectivity index (χ2n) is 23.2. The lowest BCUT2D eigenvalue weighted by Crippen LogP contribution is -2.35. The number of aromatic nitrogens is 8. The van der Waals surface area contributed by atoms with Gasteiger partial charge in [-0.15, -0.1) is 45.3 Å². The molecule has 9 heterocycles. The largest absolute Gasteiger partial charge is 0.433 e. The summed E-state index contributed by atoms with van der Waals surface area (Å²) in [7, 11) is 4.98. The summed E-state index contributed by atoms with van der Waals surface area (Å²) in [6, 6.07) is 45.9. The van der Waals surface area contributed by atoms with Gasteiger partial charge in [-0.2, -0.15) is 78.3 Å². The lowest BCUT2D eigenvalue weighted by molar-refractivity contribution is -0.144. The molecule has 0 fully saturated rings. The average Bonchev–Trinajstić information content (AvgIpc) is 1.70. The van der Waals surface area contributed by atoms with E-state index in [0.29, 0.717) is 71.7 Å². The number of hydrogen-bond donors (Lipinski definition) is 1. The number of hydrogen-bond acceptors (Lipinski definition) is 13. The van der Waals surface area contributed by atoms with E-state index in [-0.39, 0.29) is 53.1 Å². The van der Waals surface area contributed by atoms with Crippen molar-refractivity contribution in [1.82, 2.24) is 59.1 Å². The number of amides is 4. The Morgan fingerprint density at radius 1 is 0.495 bits per heavy atom. The van der Waals surface area contributed by atoms with E-state index < -0.39 is 53.4 Å². The minimum Gasteiger partial charge on any atom is -0.338 e. The number of nitriles is 1. The number of benzene rings is 3. The minimum atomic E-state index is -4.48. The molecule has 103 heavy (non-hydrogen) atoms. The summed E-state index contributed by atoms with van der Waals surface area (Å²) in [5.41, 5.74) is 1.88. The second kappa shape index (κ2) is 32.4. The van der Waals surface area contributed by atoms with Gasteiger partial charge < -0.3 is 20.0 Å². The third-order valence-corrected chi connectivity index (χ3v) is 20.1. The van der Waals surface area contributed by atoms with Crippen molar-refractivity contribution in [2.45, 2.75) is 77.6 Å². The molecule has 0 unspecified atom stereocenters. The molecule has 0 bridgehead atoms. The first-order valence-electron chi connectivity index (χ1n) is 31.2. The van der Waals surface area contributed by atoms with Crippen LogP contribution < -0.4 is 5.32 Å². The maximum absolute atomic E-state index is 13.0. The molecule has 0 radical (unpaired) electrons. The standard InChI is InChI=1S/C20H20F3N3OS.C19H16F3N3OS.C19H18F3N3OS.C12H9F3N4OS/c1-13(2)26(12-14-7-5-4-6-8-14)19(27)17-10-9-16(28-17)15-11-18(20(21,22)23)25(3)24-15;1-24-17(19(20,21)22)10-14(23-24)15-6-7-16(27-15)18(26)25-9-8-12-4-2-3-5-13(12)11-25;1-3-25(12-13-7-5-4-6-8-13)18(26)16-10-9-15(27-16)14-11-17(19(20,21)22)24(2)23-14;1-19-10(12(13,14)15)6-7(18-19)8-2-3-9(21-8)11(20)17-5-4-16/h4-11,13H,12H2,1-3H3;2-7,10H,8-9,11H2,1H3;4-11H,3,12H2,1-2H3;2-3,6H,5H2,1H3,(H,17,20). The molecule has 12 rings (SSSR count).